The second kappa shape index (κ2) is 12.7. The Morgan fingerprint density at radius 2 is 1.66 bits per heavy atom. The summed E-state index contributed by atoms with van der Waals surface area (Å²) in [5.74, 6) is 7.64. The smallest absolute Gasteiger partial charge is 0.263 e. The highest BCUT2D eigenvalue weighted by atomic mass is 35.5. The van der Waals surface area contributed by atoms with Crippen LogP contribution in [0.2, 0.25) is 5.02 Å². The van der Waals surface area contributed by atoms with Gasteiger partial charge in [-0.1, -0.05) is 65.9 Å². The van der Waals surface area contributed by atoms with Crippen molar-refractivity contribution in [2.45, 2.75) is 13.1 Å². The van der Waals surface area contributed by atoms with E-state index in [4.69, 9.17) is 32.2 Å². The molecular formula is C36H26ClN7O3. The maximum atomic E-state index is 14.4. The van der Waals surface area contributed by atoms with E-state index in [1.807, 2.05) is 54.6 Å². The van der Waals surface area contributed by atoms with Crippen LogP contribution in [0.25, 0.3) is 33.2 Å². The highest BCUT2D eigenvalue weighted by molar-refractivity contribution is 6.31. The molecular weight excluding hydrogens is 614 g/mol. The maximum Gasteiger partial charge on any atom is 0.263 e. The van der Waals surface area contributed by atoms with Gasteiger partial charge in [-0.3, -0.25) is 9.36 Å². The van der Waals surface area contributed by atoms with Crippen LogP contribution in [-0.2, 0) is 13.1 Å². The predicted octanol–water partition coefficient (Wildman–Crippen LogP) is 5.67. The number of rotatable bonds is 7. The second-order valence-corrected chi connectivity index (χ2v) is 11.0. The average Bonchev–Trinajstić information content (AvgIpc) is 3.45. The molecule has 0 saturated carbocycles. The molecule has 0 aliphatic carbocycles. The van der Waals surface area contributed by atoms with Crippen molar-refractivity contribution >= 4 is 39.4 Å². The van der Waals surface area contributed by atoms with E-state index >= 15 is 0 Å². The van der Waals surface area contributed by atoms with Crippen molar-refractivity contribution in [3.63, 3.8) is 0 Å². The number of nitrogen functional groups attached to an aromatic ring is 1. The van der Waals surface area contributed by atoms with Crippen LogP contribution in [-0.4, -0.2) is 41.0 Å². The van der Waals surface area contributed by atoms with Gasteiger partial charge in [-0.15, -0.1) is 0 Å². The molecule has 230 valence electrons. The van der Waals surface area contributed by atoms with Crippen LogP contribution in [0, 0.1) is 11.8 Å². The van der Waals surface area contributed by atoms with Crippen LogP contribution >= 0.6 is 11.6 Å². The normalized spacial score (nSPS) is 11.0. The SMILES string of the molecule is Nc1ncnc2c1c(-c1ccc(O)cc1)nn2Cc1nc2cccc(C#CCOc3ccccc3)c2c(=O)n1Cc1ccccc1Cl. The van der Waals surface area contributed by atoms with Crippen molar-refractivity contribution in [2.24, 2.45) is 0 Å². The lowest BCUT2D eigenvalue weighted by molar-refractivity contribution is 0.370. The molecule has 4 aromatic carbocycles. The molecule has 0 fully saturated rings. The van der Waals surface area contributed by atoms with Gasteiger partial charge in [0.1, 0.15) is 48.3 Å². The van der Waals surface area contributed by atoms with E-state index in [1.165, 1.54) is 6.33 Å². The zero-order valence-electron chi connectivity index (χ0n) is 24.8. The average molecular weight is 640 g/mol. The molecule has 0 aliphatic rings. The zero-order chi connectivity index (χ0) is 32.3. The summed E-state index contributed by atoms with van der Waals surface area (Å²) in [5.41, 5.74) is 9.54. The molecule has 0 radical (unpaired) electrons. The fourth-order valence-corrected chi connectivity index (χ4v) is 5.55. The van der Waals surface area contributed by atoms with Gasteiger partial charge in [0.15, 0.2) is 5.65 Å². The quantitative estimate of drug-likeness (QED) is 0.213. The first-order valence-electron chi connectivity index (χ1n) is 14.6. The van der Waals surface area contributed by atoms with E-state index < -0.39 is 0 Å². The number of benzene rings is 4. The van der Waals surface area contributed by atoms with Gasteiger partial charge in [0, 0.05) is 16.1 Å². The largest absolute Gasteiger partial charge is 0.508 e. The number of hydrogen-bond donors (Lipinski definition) is 2. The molecule has 0 amide bonds. The van der Waals surface area contributed by atoms with Crippen molar-refractivity contribution in [3.8, 4) is 34.6 Å². The molecule has 10 nitrogen and oxygen atoms in total. The van der Waals surface area contributed by atoms with Crippen molar-refractivity contribution in [2.75, 3.05) is 12.3 Å². The van der Waals surface area contributed by atoms with E-state index in [9.17, 15) is 9.90 Å². The lowest BCUT2D eigenvalue weighted by Crippen LogP contribution is -2.28. The van der Waals surface area contributed by atoms with Gasteiger partial charge in [-0.25, -0.2) is 19.6 Å². The Hall–Kier alpha value is -6.18. The summed E-state index contributed by atoms with van der Waals surface area (Å²) in [7, 11) is 0. The minimum Gasteiger partial charge on any atom is -0.508 e. The van der Waals surface area contributed by atoms with Crippen LogP contribution in [0.3, 0.4) is 0 Å². The van der Waals surface area contributed by atoms with Crippen molar-refractivity contribution < 1.29 is 9.84 Å². The first kappa shape index (κ1) is 29.5. The summed E-state index contributed by atoms with van der Waals surface area (Å²) in [6.45, 7) is 0.402. The van der Waals surface area contributed by atoms with Crippen LogP contribution in [0.15, 0.2) is 108 Å². The highest BCUT2D eigenvalue weighted by Crippen LogP contribution is 2.31. The number of nitrogens with zero attached hydrogens (tertiary/aromatic N) is 6. The third-order valence-corrected chi connectivity index (χ3v) is 7.99. The first-order chi connectivity index (χ1) is 23.0. The van der Waals surface area contributed by atoms with E-state index in [2.05, 4.69) is 21.8 Å². The number of phenols is 1. The van der Waals surface area contributed by atoms with E-state index in [0.29, 0.717) is 55.4 Å². The molecule has 47 heavy (non-hydrogen) atoms. The second-order valence-electron chi connectivity index (χ2n) is 10.6. The van der Waals surface area contributed by atoms with Gasteiger partial charge in [0.05, 0.1) is 22.8 Å². The first-order valence-corrected chi connectivity index (χ1v) is 15.0. The summed E-state index contributed by atoms with van der Waals surface area (Å²) in [6.07, 6.45) is 1.37. The molecule has 3 aromatic heterocycles. The van der Waals surface area contributed by atoms with E-state index in [1.54, 1.807) is 51.7 Å². The van der Waals surface area contributed by atoms with Gasteiger partial charge in [-0.2, -0.15) is 5.10 Å². The Kier molecular flexibility index (Phi) is 7.96. The van der Waals surface area contributed by atoms with E-state index in [-0.39, 0.29) is 36.8 Å². The summed E-state index contributed by atoms with van der Waals surface area (Å²) in [4.78, 5) is 28.0. The van der Waals surface area contributed by atoms with E-state index in [0.717, 1.165) is 5.56 Å². The lowest BCUT2D eigenvalue weighted by Gasteiger charge is -2.15. The van der Waals surface area contributed by atoms with Crippen molar-refractivity contribution in [1.29, 1.82) is 0 Å². The number of phenolic OH excluding ortho intramolecular Hbond substituents is 1. The Bertz CT molecular complexity index is 2380. The number of hydrogen-bond acceptors (Lipinski definition) is 8. The van der Waals surface area contributed by atoms with Gasteiger partial charge in [-0.05, 0) is 60.2 Å². The number of halogens is 1. The number of nitrogens with two attached hydrogens (primary N) is 1. The molecule has 0 bridgehead atoms. The van der Waals surface area contributed by atoms with Gasteiger partial charge >= 0.3 is 0 Å². The fraction of sp³-hybridized carbons (Fsp3) is 0.0833. The van der Waals surface area contributed by atoms with Crippen LogP contribution in [0.4, 0.5) is 5.82 Å². The predicted molar refractivity (Wildman–Crippen MR) is 181 cm³/mol. The van der Waals surface area contributed by atoms with Crippen LogP contribution in [0.5, 0.6) is 11.5 Å². The van der Waals surface area contributed by atoms with Gasteiger partial charge in [0.25, 0.3) is 5.56 Å². The number of fused-ring (bicyclic) bond motifs is 2. The van der Waals surface area contributed by atoms with Crippen molar-refractivity contribution in [3.05, 3.63) is 136 Å². The molecule has 0 aliphatic heterocycles. The van der Waals surface area contributed by atoms with Gasteiger partial charge < -0.3 is 15.6 Å². The topological polar surface area (TPSA) is 134 Å². The Balaban J connectivity index is 1.35. The maximum absolute atomic E-state index is 14.4. The van der Waals surface area contributed by atoms with Gasteiger partial charge in [0.2, 0.25) is 0 Å². The molecule has 3 N–H and O–H groups in total. The molecule has 0 spiro atoms. The number of ether oxygens (including phenoxy) is 1. The molecule has 0 saturated heterocycles. The lowest BCUT2D eigenvalue weighted by atomic mass is 10.1. The zero-order valence-corrected chi connectivity index (χ0v) is 25.6. The molecule has 11 heteroatoms. The third-order valence-electron chi connectivity index (χ3n) is 7.62. The Morgan fingerprint density at radius 1 is 0.872 bits per heavy atom. The molecule has 0 unspecified atom stereocenters. The minimum atomic E-state index is -0.275. The molecule has 0 atom stereocenters. The highest BCUT2D eigenvalue weighted by Gasteiger charge is 2.21. The third kappa shape index (κ3) is 5.95. The van der Waals surface area contributed by atoms with Crippen LogP contribution in [0.1, 0.15) is 17.0 Å². The monoisotopic (exact) mass is 639 g/mol. The molecule has 7 aromatic rings. The summed E-state index contributed by atoms with van der Waals surface area (Å²) in [6, 6.07) is 28.8. The fourth-order valence-electron chi connectivity index (χ4n) is 5.36. The summed E-state index contributed by atoms with van der Waals surface area (Å²) < 4.78 is 8.97. The standard InChI is InChI=1S/C36H26ClN7O3/c37-28-13-5-4-8-25(28)20-43-30(21-44-35-32(34(38)39-22-40-35)33(42-44)24-15-17-26(45)18-16-24)41-29-14-6-9-23(31(29)36(43)46)10-7-19-47-27-11-2-1-3-12-27/h1-6,8-9,11-18,22,45H,19-21H2,(H2,38,39,40). The molecule has 3 heterocycles. The number of aromatic nitrogens is 6. The summed E-state index contributed by atoms with van der Waals surface area (Å²) >= 11 is 6.56. The number of para-hydroxylation sites is 1. The Labute approximate surface area is 273 Å². The van der Waals surface area contributed by atoms with Crippen molar-refractivity contribution in [1.82, 2.24) is 29.3 Å². The molecule has 7 rings (SSSR count). The minimum absolute atomic E-state index is 0.0848. The number of anilines is 1. The van der Waals surface area contributed by atoms with Crippen LogP contribution < -0.4 is 16.0 Å². The summed E-state index contributed by atoms with van der Waals surface area (Å²) in [5, 5.41) is 16.2. The number of aromatic hydroxyl groups is 1. The Morgan fingerprint density at radius 3 is 2.47 bits per heavy atom.